The van der Waals surface area contributed by atoms with E-state index < -0.39 is 52.9 Å². The minimum absolute atomic E-state index is 0.0160. The molecule has 0 saturated carbocycles. The van der Waals surface area contributed by atoms with Crippen molar-refractivity contribution in [3.8, 4) is 0 Å². The van der Waals surface area contributed by atoms with E-state index in [0.29, 0.717) is 5.56 Å². The molecule has 2 aromatic carbocycles. The summed E-state index contributed by atoms with van der Waals surface area (Å²) in [5.74, 6) is -3.13. The van der Waals surface area contributed by atoms with Gasteiger partial charge in [-0.3, -0.25) is 4.79 Å². The van der Waals surface area contributed by atoms with Gasteiger partial charge in [-0.25, -0.2) is 13.9 Å². The van der Waals surface area contributed by atoms with Crippen molar-refractivity contribution in [3.63, 3.8) is 0 Å². The van der Waals surface area contributed by atoms with Gasteiger partial charge in [-0.1, -0.05) is 18.2 Å². The van der Waals surface area contributed by atoms with Crippen LogP contribution in [0.1, 0.15) is 56.1 Å². The molecule has 1 aromatic heterocycles. The molecule has 14 heteroatoms. The molecular weight excluding hydrogens is 537 g/mol. The molecule has 2 heterocycles. The molecule has 7 nitrogen and oxygen atoms in total. The van der Waals surface area contributed by atoms with Gasteiger partial charge in [0.25, 0.3) is 5.91 Å². The lowest BCUT2D eigenvalue weighted by Crippen LogP contribution is -2.31. The van der Waals surface area contributed by atoms with Gasteiger partial charge in [0.15, 0.2) is 5.69 Å². The van der Waals surface area contributed by atoms with Crippen molar-refractivity contribution < 1.29 is 45.1 Å². The van der Waals surface area contributed by atoms with Crippen molar-refractivity contribution in [2.45, 2.75) is 38.4 Å². The van der Waals surface area contributed by atoms with E-state index in [2.05, 4.69) is 15.2 Å². The molecular formula is C25H21F7N4O3. The molecule has 3 aromatic rings. The predicted molar refractivity (Wildman–Crippen MR) is 123 cm³/mol. The third kappa shape index (κ3) is 5.68. The van der Waals surface area contributed by atoms with Gasteiger partial charge >= 0.3 is 18.3 Å². The lowest BCUT2D eigenvalue weighted by atomic mass is 10.0. The Labute approximate surface area is 217 Å². The largest absolute Gasteiger partial charge is 0.465 e. The zero-order valence-corrected chi connectivity index (χ0v) is 20.5. The first-order valence-electron chi connectivity index (χ1n) is 11.5. The molecule has 0 radical (unpaired) electrons. The Bertz CT molecular complexity index is 1400. The third-order valence-electron chi connectivity index (χ3n) is 6.20. The predicted octanol–water partition coefficient (Wildman–Crippen LogP) is 5.36. The number of carbonyl (C=O) groups excluding carboxylic acids is 2. The van der Waals surface area contributed by atoms with E-state index in [-0.39, 0.29) is 36.6 Å². The van der Waals surface area contributed by atoms with Gasteiger partial charge in [0.05, 0.1) is 30.8 Å². The van der Waals surface area contributed by atoms with Gasteiger partial charge in [-0.2, -0.15) is 31.4 Å². The van der Waals surface area contributed by atoms with Crippen LogP contribution < -0.4 is 10.2 Å². The van der Waals surface area contributed by atoms with E-state index in [4.69, 9.17) is 0 Å². The van der Waals surface area contributed by atoms with E-state index in [1.165, 1.54) is 30.0 Å². The third-order valence-corrected chi connectivity index (χ3v) is 6.20. The lowest BCUT2D eigenvalue weighted by molar-refractivity contribution is -0.142. The van der Waals surface area contributed by atoms with Gasteiger partial charge in [0.2, 0.25) is 0 Å². The average Bonchev–Trinajstić information content (AvgIpc) is 3.43. The number of rotatable bonds is 6. The van der Waals surface area contributed by atoms with Crippen molar-refractivity contribution in [2.24, 2.45) is 0 Å². The Morgan fingerprint density at radius 1 is 1.03 bits per heavy atom. The summed E-state index contributed by atoms with van der Waals surface area (Å²) in [5, 5.41) is 6.00. The molecule has 208 valence electrons. The van der Waals surface area contributed by atoms with E-state index in [0.717, 1.165) is 36.1 Å². The molecule has 1 amide bonds. The lowest BCUT2D eigenvalue weighted by Gasteiger charge is -2.21. The number of anilines is 1. The Hall–Kier alpha value is -4.10. The number of methoxy groups -OCH3 is 1. The van der Waals surface area contributed by atoms with Crippen molar-refractivity contribution in [2.75, 3.05) is 18.6 Å². The molecule has 0 spiro atoms. The number of fused-ring (bicyclic) bond motifs is 1. The Morgan fingerprint density at radius 2 is 1.69 bits per heavy atom. The number of esters is 1. The Morgan fingerprint density at radius 3 is 2.26 bits per heavy atom. The Balaban J connectivity index is 1.62. The number of carbonyl (C=O) groups is 2. The molecule has 0 bridgehead atoms. The van der Waals surface area contributed by atoms with Gasteiger partial charge < -0.3 is 15.0 Å². The first kappa shape index (κ1) is 27.9. The number of nitrogens with one attached hydrogen (secondary N) is 1. The van der Waals surface area contributed by atoms with Gasteiger partial charge in [-0.05, 0) is 42.3 Å². The second-order valence-electron chi connectivity index (χ2n) is 8.81. The van der Waals surface area contributed by atoms with E-state index in [1.807, 2.05) is 0 Å². The maximum Gasteiger partial charge on any atom is 0.436 e. The van der Waals surface area contributed by atoms with Crippen molar-refractivity contribution in [1.82, 2.24) is 15.1 Å². The number of hydrogen-bond acceptors (Lipinski definition) is 5. The van der Waals surface area contributed by atoms with Crippen LogP contribution in [0.5, 0.6) is 0 Å². The van der Waals surface area contributed by atoms with Gasteiger partial charge in [0.1, 0.15) is 17.2 Å². The first-order valence-corrected chi connectivity index (χ1v) is 11.5. The summed E-state index contributed by atoms with van der Waals surface area (Å²) in [6.07, 6.45) is -9.53. The van der Waals surface area contributed by atoms with Crippen LogP contribution in [-0.4, -0.2) is 35.3 Å². The minimum Gasteiger partial charge on any atom is -0.465 e. The molecule has 0 saturated heterocycles. The van der Waals surface area contributed by atoms with E-state index >= 15 is 0 Å². The van der Waals surface area contributed by atoms with Crippen molar-refractivity contribution in [3.05, 3.63) is 81.8 Å². The van der Waals surface area contributed by atoms with Crippen molar-refractivity contribution >= 4 is 17.7 Å². The molecule has 1 aliphatic rings. The number of halogens is 7. The summed E-state index contributed by atoms with van der Waals surface area (Å²) in [6, 6.07) is 6.59. The summed E-state index contributed by atoms with van der Waals surface area (Å²) >= 11 is 0. The zero-order chi connectivity index (χ0) is 28.7. The number of amides is 1. The smallest absolute Gasteiger partial charge is 0.436 e. The topological polar surface area (TPSA) is 76.5 Å². The fraction of sp³-hybridized carbons (Fsp3) is 0.320. The van der Waals surface area contributed by atoms with E-state index in [1.54, 1.807) is 0 Å². The normalized spacial score (nSPS) is 14.2. The Kier molecular flexibility index (Phi) is 7.32. The second kappa shape index (κ2) is 10.2. The number of benzene rings is 2. The summed E-state index contributed by atoms with van der Waals surface area (Å²) in [7, 11) is 1.07. The number of nitrogens with zero attached hydrogens (tertiary/aromatic N) is 3. The maximum atomic E-state index is 14.4. The number of hydrogen-bond donors (Lipinski definition) is 1. The van der Waals surface area contributed by atoms with Crippen molar-refractivity contribution in [1.29, 1.82) is 0 Å². The SMILES string of the molecule is COC(=O)c1ccc(C(C)NC(=O)c2c(C(F)(F)F)nn3c2N(Cc2ccc(C(F)(F)F)cc2)CC3)cc1F. The number of aromatic nitrogens is 2. The van der Waals surface area contributed by atoms with Crippen LogP contribution in [0.25, 0.3) is 0 Å². The summed E-state index contributed by atoms with van der Waals surface area (Å²) in [6.45, 7) is 1.53. The zero-order valence-electron chi connectivity index (χ0n) is 20.5. The highest BCUT2D eigenvalue weighted by Gasteiger charge is 2.44. The monoisotopic (exact) mass is 558 g/mol. The quantitative estimate of drug-likeness (QED) is 0.326. The summed E-state index contributed by atoms with van der Waals surface area (Å²) < 4.78 is 100. The molecule has 1 unspecified atom stereocenters. The highest BCUT2D eigenvalue weighted by atomic mass is 19.4. The fourth-order valence-corrected chi connectivity index (χ4v) is 4.26. The number of ether oxygens (including phenoxy) is 1. The van der Waals surface area contributed by atoms with Crippen LogP contribution in [0.2, 0.25) is 0 Å². The standard InChI is InChI=1S/C25H21F7N4O3/c1-13(15-5-8-17(18(26)11-15)23(38)39-2)33-21(37)19-20(25(30,31)32)34-36-10-9-35(22(19)36)12-14-3-6-16(7-4-14)24(27,28)29/h3-8,11,13H,9-10,12H2,1-2H3,(H,33,37). The van der Waals surface area contributed by atoms with Crippen LogP contribution in [-0.2, 0) is 30.2 Å². The molecule has 0 fully saturated rings. The van der Waals surface area contributed by atoms with Crippen LogP contribution >= 0.6 is 0 Å². The van der Waals surface area contributed by atoms with E-state index in [9.17, 15) is 40.3 Å². The highest BCUT2D eigenvalue weighted by Crippen LogP contribution is 2.39. The van der Waals surface area contributed by atoms with Crippen LogP contribution in [0.3, 0.4) is 0 Å². The molecule has 1 atom stereocenters. The van der Waals surface area contributed by atoms with Gasteiger partial charge in [0, 0.05) is 13.1 Å². The molecule has 39 heavy (non-hydrogen) atoms. The van der Waals surface area contributed by atoms with Crippen LogP contribution in [0.15, 0.2) is 42.5 Å². The van der Waals surface area contributed by atoms with Crippen LogP contribution in [0.4, 0.5) is 36.6 Å². The van der Waals surface area contributed by atoms with Crippen LogP contribution in [0, 0.1) is 5.82 Å². The molecule has 1 N–H and O–H groups in total. The maximum absolute atomic E-state index is 14.4. The average molecular weight is 558 g/mol. The van der Waals surface area contributed by atoms with Gasteiger partial charge in [-0.15, -0.1) is 0 Å². The molecule has 1 aliphatic heterocycles. The molecule has 4 rings (SSSR count). The molecule has 0 aliphatic carbocycles. The fourth-order valence-electron chi connectivity index (χ4n) is 4.26. The summed E-state index contributed by atoms with van der Waals surface area (Å²) in [5.41, 5.74) is -2.86. The first-order chi connectivity index (χ1) is 18.2. The minimum atomic E-state index is -4.98. The second-order valence-corrected chi connectivity index (χ2v) is 8.81. The summed E-state index contributed by atoms with van der Waals surface area (Å²) in [4.78, 5) is 26.2. The highest BCUT2D eigenvalue weighted by molar-refractivity contribution is 6.01. The number of alkyl halides is 6.